The van der Waals surface area contributed by atoms with E-state index in [0.717, 1.165) is 15.9 Å². The van der Waals surface area contributed by atoms with Gasteiger partial charge in [0.2, 0.25) is 0 Å². The number of benzene rings is 2. The molecule has 1 amide bonds. The van der Waals surface area contributed by atoms with E-state index < -0.39 is 15.9 Å². The number of phenolic OH excluding ortho intramolecular Hbond substituents is 1. The third-order valence-corrected chi connectivity index (χ3v) is 5.67. The Balaban J connectivity index is 2.14. The second-order valence-corrected chi connectivity index (χ2v) is 7.70. The predicted molar refractivity (Wildman–Crippen MR) is 85.7 cm³/mol. The Morgan fingerprint density at radius 3 is 2.39 bits per heavy atom. The van der Waals surface area contributed by atoms with Gasteiger partial charge < -0.3 is 5.11 Å². The molecule has 2 aromatic rings. The van der Waals surface area contributed by atoms with Crippen molar-refractivity contribution in [2.75, 3.05) is 0 Å². The summed E-state index contributed by atoms with van der Waals surface area (Å²) < 4.78 is 26.3. The molecule has 0 saturated carbocycles. The molecule has 23 heavy (non-hydrogen) atoms. The fourth-order valence-electron chi connectivity index (χ4n) is 2.77. The van der Waals surface area contributed by atoms with Crippen LogP contribution in [0.2, 0.25) is 0 Å². The highest BCUT2D eigenvalue weighted by atomic mass is 32.2. The second kappa shape index (κ2) is 5.38. The van der Waals surface area contributed by atoms with Crippen LogP contribution in [0, 0.1) is 0 Å². The van der Waals surface area contributed by atoms with E-state index in [4.69, 9.17) is 0 Å². The molecule has 2 aromatic carbocycles. The Hall–Kier alpha value is -2.34. The number of nitrogens with zero attached hydrogens (tertiary/aromatic N) is 1. The molecule has 0 saturated heterocycles. The molecule has 0 bridgehead atoms. The summed E-state index contributed by atoms with van der Waals surface area (Å²) in [5.74, 6) is -0.760. The van der Waals surface area contributed by atoms with Gasteiger partial charge in [-0.3, -0.25) is 4.79 Å². The van der Waals surface area contributed by atoms with Crippen LogP contribution >= 0.6 is 0 Å². The van der Waals surface area contributed by atoms with Crippen molar-refractivity contribution in [2.24, 2.45) is 0 Å². The summed E-state index contributed by atoms with van der Waals surface area (Å²) in [7, 11) is -3.95. The average Bonchev–Trinajstić information content (AvgIpc) is 2.68. The number of sulfonamides is 1. The van der Waals surface area contributed by atoms with Crippen molar-refractivity contribution in [3.63, 3.8) is 0 Å². The third kappa shape index (κ3) is 2.49. The number of rotatable bonds is 3. The lowest BCUT2D eigenvalue weighted by atomic mass is 9.96. The van der Waals surface area contributed by atoms with E-state index >= 15 is 0 Å². The Labute approximate surface area is 135 Å². The lowest BCUT2D eigenvalue weighted by Crippen LogP contribution is -2.29. The molecule has 0 aromatic heterocycles. The topological polar surface area (TPSA) is 74.7 Å². The molecule has 120 valence electrons. The number of hydrogen-bond donors (Lipinski definition) is 1. The van der Waals surface area contributed by atoms with Crippen molar-refractivity contribution in [3.05, 3.63) is 59.2 Å². The van der Waals surface area contributed by atoms with E-state index in [-0.39, 0.29) is 28.7 Å². The Morgan fingerprint density at radius 2 is 1.78 bits per heavy atom. The SMILES string of the molecule is CC(C)c1cc(O)cc2c1C(=O)N(Cc1ccccc1)S2(=O)=O. The molecule has 1 N–H and O–H groups in total. The Kier molecular flexibility index (Phi) is 3.64. The predicted octanol–water partition coefficient (Wildman–Crippen LogP) is 2.86. The zero-order chi connectivity index (χ0) is 16.8. The van der Waals surface area contributed by atoms with Crippen LogP contribution in [0.3, 0.4) is 0 Å². The van der Waals surface area contributed by atoms with Crippen molar-refractivity contribution < 1.29 is 18.3 Å². The van der Waals surface area contributed by atoms with Gasteiger partial charge in [-0.15, -0.1) is 0 Å². The highest BCUT2D eigenvalue weighted by Gasteiger charge is 2.43. The summed E-state index contributed by atoms with van der Waals surface area (Å²) in [6.07, 6.45) is 0. The minimum Gasteiger partial charge on any atom is -0.508 e. The van der Waals surface area contributed by atoms with Crippen LogP contribution in [0.1, 0.15) is 41.3 Å². The van der Waals surface area contributed by atoms with Gasteiger partial charge in [-0.25, -0.2) is 12.7 Å². The summed E-state index contributed by atoms with van der Waals surface area (Å²) in [6.45, 7) is 3.69. The van der Waals surface area contributed by atoms with Crippen LogP contribution in [0.5, 0.6) is 5.75 Å². The number of carbonyl (C=O) groups is 1. The van der Waals surface area contributed by atoms with Crippen LogP contribution in [0.25, 0.3) is 0 Å². The average molecular weight is 331 g/mol. The van der Waals surface area contributed by atoms with Gasteiger partial charge in [-0.1, -0.05) is 44.2 Å². The smallest absolute Gasteiger partial charge is 0.269 e. The van der Waals surface area contributed by atoms with Gasteiger partial charge in [0.05, 0.1) is 12.1 Å². The number of amides is 1. The number of phenols is 1. The maximum atomic E-state index is 12.7. The summed E-state index contributed by atoms with van der Waals surface area (Å²) in [6, 6.07) is 11.6. The molecule has 0 aliphatic carbocycles. The number of hydrogen-bond acceptors (Lipinski definition) is 4. The van der Waals surface area contributed by atoms with Gasteiger partial charge in [-0.2, -0.15) is 0 Å². The van der Waals surface area contributed by atoms with Crippen LogP contribution in [-0.2, 0) is 16.6 Å². The van der Waals surface area contributed by atoms with Crippen molar-refractivity contribution >= 4 is 15.9 Å². The van der Waals surface area contributed by atoms with Gasteiger partial charge in [0.1, 0.15) is 10.6 Å². The third-order valence-electron chi connectivity index (χ3n) is 3.92. The molecule has 1 aliphatic heterocycles. The van der Waals surface area contributed by atoms with E-state index in [9.17, 15) is 18.3 Å². The lowest BCUT2D eigenvalue weighted by Gasteiger charge is -2.15. The fourth-order valence-corrected chi connectivity index (χ4v) is 4.37. The number of carbonyl (C=O) groups excluding carboxylic acids is 1. The van der Waals surface area contributed by atoms with E-state index in [2.05, 4.69) is 0 Å². The Morgan fingerprint density at radius 1 is 1.13 bits per heavy atom. The highest BCUT2D eigenvalue weighted by molar-refractivity contribution is 7.90. The van der Waals surface area contributed by atoms with Crippen LogP contribution < -0.4 is 0 Å². The molecule has 0 fully saturated rings. The van der Waals surface area contributed by atoms with Gasteiger partial charge in [0.15, 0.2) is 0 Å². The van der Waals surface area contributed by atoms with E-state index in [1.807, 2.05) is 19.9 Å². The number of fused-ring (bicyclic) bond motifs is 1. The van der Waals surface area contributed by atoms with E-state index in [0.29, 0.717) is 5.56 Å². The Bertz CT molecular complexity index is 873. The normalized spacial score (nSPS) is 16.0. The monoisotopic (exact) mass is 331 g/mol. The first kappa shape index (κ1) is 15.6. The first-order valence-electron chi connectivity index (χ1n) is 7.30. The van der Waals surface area contributed by atoms with Gasteiger partial charge >= 0.3 is 0 Å². The zero-order valence-corrected chi connectivity index (χ0v) is 13.7. The minimum absolute atomic E-state index is 0.0189. The standard InChI is InChI=1S/C17H17NO4S/c1-11(2)14-8-13(19)9-15-16(14)17(20)18(23(15,21)22)10-12-6-4-3-5-7-12/h3-9,11,19H,10H2,1-2H3. The van der Waals surface area contributed by atoms with Crippen molar-refractivity contribution in [1.29, 1.82) is 0 Å². The minimum atomic E-state index is -3.95. The summed E-state index contributed by atoms with van der Waals surface area (Å²) in [5, 5.41) is 9.83. The van der Waals surface area contributed by atoms with Crippen molar-refractivity contribution in [3.8, 4) is 5.75 Å². The summed E-state index contributed by atoms with van der Waals surface area (Å²) in [5.41, 5.74) is 1.45. The quantitative estimate of drug-likeness (QED) is 0.938. The fraction of sp³-hybridized carbons (Fsp3) is 0.235. The van der Waals surface area contributed by atoms with Crippen molar-refractivity contribution in [1.82, 2.24) is 4.31 Å². The maximum Gasteiger partial charge on any atom is 0.269 e. The molecule has 0 unspecified atom stereocenters. The molecule has 5 nitrogen and oxygen atoms in total. The molecular formula is C17H17NO4S. The summed E-state index contributed by atoms with van der Waals surface area (Å²) in [4.78, 5) is 12.6. The van der Waals surface area contributed by atoms with Crippen LogP contribution in [0.4, 0.5) is 0 Å². The molecule has 0 atom stereocenters. The van der Waals surface area contributed by atoms with E-state index in [1.165, 1.54) is 6.07 Å². The molecule has 3 rings (SSSR count). The molecule has 1 heterocycles. The second-order valence-electron chi connectivity index (χ2n) is 5.87. The van der Waals surface area contributed by atoms with E-state index in [1.54, 1.807) is 24.3 Å². The van der Waals surface area contributed by atoms with Gasteiger partial charge in [-0.05, 0) is 23.1 Å². The molecule has 0 spiro atoms. The largest absolute Gasteiger partial charge is 0.508 e. The maximum absolute atomic E-state index is 12.7. The summed E-state index contributed by atoms with van der Waals surface area (Å²) >= 11 is 0. The highest BCUT2D eigenvalue weighted by Crippen LogP contribution is 2.38. The van der Waals surface area contributed by atoms with Crippen LogP contribution in [0.15, 0.2) is 47.4 Å². The number of aromatic hydroxyl groups is 1. The van der Waals surface area contributed by atoms with Crippen molar-refractivity contribution in [2.45, 2.75) is 31.2 Å². The zero-order valence-electron chi connectivity index (χ0n) is 12.9. The molecular weight excluding hydrogens is 314 g/mol. The lowest BCUT2D eigenvalue weighted by molar-refractivity contribution is 0.0863. The van der Waals surface area contributed by atoms with Crippen LogP contribution in [-0.4, -0.2) is 23.7 Å². The molecule has 6 heteroatoms. The van der Waals surface area contributed by atoms with Gasteiger partial charge in [0, 0.05) is 6.07 Å². The molecule has 1 aliphatic rings. The molecule has 0 radical (unpaired) electrons. The first-order valence-corrected chi connectivity index (χ1v) is 8.74. The first-order chi connectivity index (χ1) is 10.8. The van der Waals surface area contributed by atoms with Gasteiger partial charge in [0.25, 0.3) is 15.9 Å².